The van der Waals surface area contributed by atoms with Crippen LogP contribution < -0.4 is 5.32 Å². The van der Waals surface area contributed by atoms with Crippen molar-refractivity contribution in [2.75, 3.05) is 11.9 Å². The maximum Gasteiger partial charge on any atom is 0.146 e. The summed E-state index contributed by atoms with van der Waals surface area (Å²) in [6, 6.07) is 7.83. The lowest BCUT2D eigenvalue weighted by molar-refractivity contribution is 0.986. The molecule has 0 saturated heterocycles. The zero-order chi connectivity index (χ0) is 13.0. The molecule has 2 aromatic heterocycles. The SMILES string of the molecule is Cc1nc(C#N)cc(NCCc2ccc(Br)s2)n1. The molecule has 0 radical (unpaired) electrons. The largest absolute Gasteiger partial charge is 0.370 e. The molecule has 2 rings (SSSR count). The van der Waals surface area contributed by atoms with Crippen LogP contribution in [-0.2, 0) is 6.42 Å². The summed E-state index contributed by atoms with van der Waals surface area (Å²) in [7, 11) is 0. The van der Waals surface area contributed by atoms with Gasteiger partial charge in [0, 0.05) is 17.5 Å². The van der Waals surface area contributed by atoms with E-state index >= 15 is 0 Å². The van der Waals surface area contributed by atoms with E-state index < -0.39 is 0 Å². The quantitative estimate of drug-likeness (QED) is 0.939. The molecule has 0 atom stereocenters. The lowest BCUT2D eigenvalue weighted by Crippen LogP contribution is -2.07. The number of nitrogens with zero attached hydrogens (tertiary/aromatic N) is 3. The van der Waals surface area contributed by atoms with Crippen LogP contribution in [0.3, 0.4) is 0 Å². The molecule has 92 valence electrons. The number of aryl methyl sites for hydroxylation is 1. The molecule has 0 amide bonds. The number of halogens is 1. The van der Waals surface area contributed by atoms with Crippen LogP contribution in [0.1, 0.15) is 16.4 Å². The molecule has 0 aliphatic carbocycles. The van der Waals surface area contributed by atoms with Gasteiger partial charge in [-0.25, -0.2) is 9.97 Å². The third-order valence-electron chi connectivity index (χ3n) is 2.26. The van der Waals surface area contributed by atoms with Crippen molar-refractivity contribution in [2.45, 2.75) is 13.3 Å². The van der Waals surface area contributed by atoms with Crippen molar-refractivity contribution in [3.8, 4) is 6.07 Å². The first-order valence-electron chi connectivity index (χ1n) is 5.41. The molecule has 2 aromatic rings. The van der Waals surface area contributed by atoms with E-state index in [1.165, 1.54) is 4.88 Å². The molecule has 0 aliphatic heterocycles. The Morgan fingerprint density at radius 3 is 2.94 bits per heavy atom. The fourth-order valence-electron chi connectivity index (χ4n) is 1.52. The minimum atomic E-state index is 0.392. The summed E-state index contributed by atoms with van der Waals surface area (Å²) in [5.74, 6) is 1.31. The number of anilines is 1. The van der Waals surface area contributed by atoms with Crippen molar-refractivity contribution in [1.82, 2.24) is 9.97 Å². The van der Waals surface area contributed by atoms with Gasteiger partial charge >= 0.3 is 0 Å². The fraction of sp³-hybridized carbons (Fsp3) is 0.250. The van der Waals surface area contributed by atoms with Gasteiger partial charge < -0.3 is 5.32 Å². The third-order valence-corrected chi connectivity index (χ3v) is 3.94. The molecule has 18 heavy (non-hydrogen) atoms. The number of hydrogen-bond acceptors (Lipinski definition) is 5. The van der Waals surface area contributed by atoms with Crippen molar-refractivity contribution in [1.29, 1.82) is 5.26 Å². The first kappa shape index (κ1) is 13.0. The van der Waals surface area contributed by atoms with E-state index in [9.17, 15) is 0 Å². The number of nitriles is 1. The molecule has 0 bridgehead atoms. The summed E-state index contributed by atoms with van der Waals surface area (Å²) in [4.78, 5) is 9.55. The van der Waals surface area contributed by atoms with Crippen LogP contribution in [0.2, 0.25) is 0 Å². The number of nitrogens with one attached hydrogen (secondary N) is 1. The Kier molecular flexibility index (Phi) is 4.28. The lowest BCUT2D eigenvalue weighted by atomic mass is 10.3. The summed E-state index contributed by atoms with van der Waals surface area (Å²) in [5, 5.41) is 12.0. The van der Waals surface area contributed by atoms with Crippen LogP contribution in [0.25, 0.3) is 0 Å². The predicted molar refractivity (Wildman–Crippen MR) is 75.7 cm³/mol. The molecule has 2 heterocycles. The molecule has 0 aliphatic rings. The number of hydrogen-bond donors (Lipinski definition) is 1. The van der Waals surface area contributed by atoms with Gasteiger partial charge in [0.2, 0.25) is 0 Å². The van der Waals surface area contributed by atoms with Gasteiger partial charge in [-0.05, 0) is 41.4 Å². The zero-order valence-corrected chi connectivity index (χ0v) is 12.2. The first-order chi connectivity index (χ1) is 8.67. The maximum atomic E-state index is 8.82. The number of rotatable bonds is 4. The average molecular weight is 323 g/mol. The van der Waals surface area contributed by atoms with Gasteiger partial charge in [-0.3, -0.25) is 0 Å². The third kappa shape index (κ3) is 3.52. The van der Waals surface area contributed by atoms with Gasteiger partial charge in [-0.2, -0.15) is 5.26 Å². The Bertz CT molecular complexity index is 588. The van der Waals surface area contributed by atoms with E-state index in [0.29, 0.717) is 17.3 Å². The van der Waals surface area contributed by atoms with Crippen molar-refractivity contribution >= 4 is 33.1 Å². The van der Waals surface area contributed by atoms with E-state index in [0.717, 1.165) is 16.8 Å². The standard InChI is InChI=1S/C12H11BrN4S/c1-8-16-9(7-14)6-12(17-8)15-5-4-10-2-3-11(13)18-10/h2-3,6H,4-5H2,1H3,(H,15,16,17). The van der Waals surface area contributed by atoms with Crippen LogP contribution in [0.5, 0.6) is 0 Å². The van der Waals surface area contributed by atoms with E-state index in [2.05, 4.69) is 37.3 Å². The van der Waals surface area contributed by atoms with Crippen molar-refractivity contribution < 1.29 is 0 Å². The second-order valence-corrected chi connectivity index (χ2v) is 6.23. The van der Waals surface area contributed by atoms with Crippen LogP contribution in [0, 0.1) is 18.3 Å². The highest BCUT2D eigenvalue weighted by Crippen LogP contribution is 2.22. The summed E-state index contributed by atoms with van der Waals surface area (Å²) in [6.07, 6.45) is 0.932. The zero-order valence-electron chi connectivity index (χ0n) is 9.77. The van der Waals surface area contributed by atoms with Crippen LogP contribution in [0.15, 0.2) is 22.0 Å². The highest BCUT2D eigenvalue weighted by Gasteiger charge is 2.02. The Morgan fingerprint density at radius 2 is 2.28 bits per heavy atom. The topological polar surface area (TPSA) is 61.6 Å². The summed E-state index contributed by atoms with van der Waals surface area (Å²) in [6.45, 7) is 2.57. The summed E-state index contributed by atoms with van der Waals surface area (Å²) in [5.41, 5.74) is 0.392. The Hall–Kier alpha value is -1.45. The number of aromatic nitrogens is 2. The lowest BCUT2D eigenvalue weighted by Gasteiger charge is -2.05. The molecular weight excluding hydrogens is 312 g/mol. The molecule has 0 aromatic carbocycles. The second kappa shape index (κ2) is 5.94. The molecule has 6 heteroatoms. The van der Waals surface area contributed by atoms with E-state index in [4.69, 9.17) is 5.26 Å². The molecular formula is C12H11BrN4S. The summed E-state index contributed by atoms with van der Waals surface area (Å²) < 4.78 is 1.14. The molecule has 0 saturated carbocycles. The second-order valence-electron chi connectivity index (χ2n) is 3.68. The fourth-order valence-corrected chi connectivity index (χ4v) is 3.00. The number of thiophene rings is 1. The monoisotopic (exact) mass is 322 g/mol. The van der Waals surface area contributed by atoms with Crippen LogP contribution in [0.4, 0.5) is 5.82 Å². The van der Waals surface area contributed by atoms with Gasteiger partial charge in [0.15, 0.2) is 0 Å². The molecule has 4 nitrogen and oxygen atoms in total. The van der Waals surface area contributed by atoms with Crippen molar-refractivity contribution in [3.63, 3.8) is 0 Å². The predicted octanol–water partition coefficient (Wildman–Crippen LogP) is 3.14. The molecule has 0 spiro atoms. The van der Waals surface area contributed by atoms with E-state index in [-0.39, 0.29) is 0 Å². The van der Waals surface area contributed by atoms with Crippen molar-refractivity contribution in [2.24, 2.45) is 0 Å². The molecule has 0 unspecified atom stereocenters. The van der Waals surface area contributed by atoms with E-state index in [1.54, 1.807) is 24.3 Å². The Morgan fingerprint density at radius 1 is 1.44 bits per heavy atom. The first-order valence-corrected chi connectivity index (χ1v) is 7.02. The highest BCUT2D eigenvalue weighted by atomic mass is 79.9. The van der Waals surface area contributed by atoms with Crippen molar-refractivity contribution in [3.05, 3.63) is 38.4 Å². The van der Waals surface area contributed by atoms with Gasteiger partial charge in [0.1, 0.15) is 23.4 Å². The van der Waals surface area contributed by atoms with E-state index in [1.807, 2.05) is 12.1 Å². The minimum absolute atomic E-state index is 0.392. The van der Waals surface area contributed by atoms with Crippen LogP contribution >= 0.6 is 27.3 Å². The normalized spacial score (nSPS) is 10.1. The smallest absolute Gasteiger partial charge is 0.146 e. The molecule has 0 fully saturated rings. The van der Waals surface area contributed by atoms with Crippen LogP contribution in [-0.4, -0.2) is 16.5 Å². The Balaban J connectivity index is 1.94. The maximum absolute atomic E-state index is 8.82. The molecule has 1 N–H and O–H groups in total. The minimum Gasteiger partial charge on any atom is -0.370 e. The van der Waals surface area contributed by atoms with Gasteiger partial charge in [-0.15, -0.1) is 11.3 Å². The highest BCUT2D eigenvalue weighted by molar-refractivity contribution is 9.11. The Labute approximate surface area is 118 Å². The van der Waals surface area contributed by atoms with Gasteiger partial charge in [0.25, 0.3) is 0 Å². The van der Waals surface area contributed by atoms with Gasteiger partial charge in [-0.1, -0.05) is 0 Å². The summed E-state index contributed by atoms with van der Waals surface area (Å²) >= 11 is 5.16. The van der Waals surface area contributed by atoms with Gasteiger partial charge in [0.05, 0.1) is 3.79 Å². The average Bonchev–Trinajstić information content (AvgIpc) is 2.74.